The number of aliphatic hydroxyl groups is 2. The summed E-state index contributed by atoms with van der Waals surface area (Å²) in [4.78, 5) is 11.0. The number of carboxylic acid groups (broad SMARTS) is 1. The van der Waals surface area contributed by atoms with Crippen molar-refractivity contribution in [3.63, 3.8) is 0 Å². The molecule has 1 heterocycles. The van der Waals surface area contributed by atoms with Crippen LogP contribution < -0.4 is 0 Å². The van der Waals surface area contributed by atoms with E-state index in [-0.39, 0.29) is 17.1 Å². The SMILES string of the molecule is Cc1nn(C)c(C(=O)O)c1C(O)C(O)CCl. The Morgan fingerprint density at radius 2 is 2.12 bits per heavy atom. The first-order valence-electron chi connectivity index (χ1n) is 4.59. The molecule has 6 nitrogen and oxygen atoms in total. The number of aliphatic hydroxyl groups excluding tert-OH is 2. The minimum absolute atomic E-state index is 0.100. The molecular weight excluding hydrogens is 236 g/mol. The molecule has 1 aromatic rings. The molecule has 16 heavy (non-hydrogen) atoms. The van der Waals surface area contributed by atoms with E-state index in [1.54, 1.807) is 6.92 Å². The molecule has 0 saturated carbocycles. The zero-order chi connectivity index (χ0) is 12.5. The summed E-state index contributed by atoms with van der Waals surface area (Å²) in [6.07, 6.45) is -2.57. The third-order valence-corrected chi connectivity index (χ3v) is 2.61. The van der Waals surface area contributed by atoms with Crippen LogP contribution in [-0.2, 0) is 7.05 Å². The molecule has 0 aromatic carbocycles. The lowest BCUT2D eigenvalue weighted by Crippen LogP contribution is -2.22. The van der Waals surface area contributed by atoms with Crippen LogP contribution >= 0.6 is 11.6 Å². The lowest BCUT2D eigenvalue weighted by molar-refractivity contribution is 0.0307. The van der Waals surface area contributed by atoms with E-state index < -0.39 is 18.2 Å². The fraction of sp³-hybridized carbons (Fsp3) is 0.556. The number of aryl methyl sites for hydroxylation is 2. The first-order chi connectivity index (χ1) is 7.40. The Balaban J connectivity index is 3.26. The van der Waals surface area contributed by atoms with E-state index in [1.165, 1.54) is 7.05 Å². The van der Waals surface area contributed by atoms with Gasteiger partial charge in [-0.2, -0.15) is 5.10 Å². The van der Waals surface area contributed by atoms with Gasteiger partial charge in [0.2, 0.25) is 0 Å². The monoisotopic (exact) mass is 248 g/mol. The number of carbonyl (C=O) groups is 1. The number of carboxylic acids is 1. The maximum Gasteiger partial charge on any atom is 0.354 e. The molecule has 1 rings (SSSR count). The van der Waals surface area contributed by atoms with Crippen molar-refractivity contribution in [2.45, 2.75) is 19.1 Å². The van der Waals surface area contributed by atoms with Gasteiger partial charge < -0.3 is 15.3 Å². The van der Waals surface area contributed by atoms with Gasteiger partial charge >= 0.3 is 5.97 Å². The smallest absolute Gasteiger partial charge is 0.354 e. The van der Waals surface area contributed by atoms with Crippen molar-refractivity contribution in [2.75, 3.05) is 5.88 Å². The van der Waals surface area contributed by atoms with Crippen LogP contribution in [0.3, 0.4) is 0 Å². The number of halogens is 1. The largest absolute Gasteiger partial charge is 0.477 e. The molecule has 0 fully saturated rings. The Bertz CT molecular complexity index is 404. The molecule has 2 unspecified atom stereocenters. The quantitative estimate of drug-likeness (QED) is 0.655. The van der Waals surface area contributed by atoms with Gasteiger partial charge in [-0.3, -0.25) is 4.68 Å². The lowest BCUT2D eigenvalue weighted by Gasteiger charge is -2.15. The zero-order valence-electron chi connectivity index (χ0n) is 8.88. The predicted octanol–water partition coefficient (Wildman–Crippen LogP) is 0.0598. The lowest BCUT2D eigenvalue weighted by atomic mass is 10.0. The maximum absolute atomic E-state index is 11.0. The average molecular weight is 249 g/mol. The number of alkyl halides is 1. The topological polar surface area (TPSA) is 95.6 Å². The average Bonchev–Trinajstić information content (AvgIpc) is 2.51. The van der Waals surface area contributed by atoms with Crippen molar-refractivity contribution < 1.29 is 20.1 Å². The van der Waals surface area contributed by atoms with Gasteiger partial charge in [-0.05, 0) is 6.92 Å². The van der Waals surface area contributed by atoms with Crippen LogP contribution in [0.15, 0.2) is 0 Å². The van der Waals surface area contributed by atoms with E-state index in [4.69, 9.17) is 16.7 Å². The molecule has 0 radical (unpaired) electrons. The standard InChI is InChI=1S/C9H13ClN2O4/c1-4-6(8(14)5(13)3-10)7(9(15)16)12(2)11-4/h5,8,13-14H,3H2,1-2H3,(H,15,16). The molecule has 0 bridgehead atoms. The second-order valence-electron chi connectivity index (χ2n) is 3.44. The van der Waals surface area contributed by atoms with Gasteiger partial charge in [-0.25, -0.2) is 4.79 Å². The molecule has 0 aliphatic carbocycles. The summed E-state index contributed by atoms with van der Waals surface area (Å²) in [6.45, 7) is 1.56. The summed E-state index contributed by atoms with van der Waals surface area (Å²) in [7, 11) is 1.46. The van der Waals surface area contributed by atoms with Gasteiger partial charge in [-0.1, -0.05) is 0 Å². The Morgan fingerprint density at radius 3 is 2.56 bits per heavy atom. The molecule has 90 valence electrons. The van der Waals surface area contributed by atoms with E-state index in [0.717, 1.165) is 4.68 Å². The number of aromatic carboxylic acids is 1. The fourth-order valence-electron chi connectivity index (χ4n) is 1.56. The zero-order valence-corrected chi connectivity index (χ0v) is 9.64. The number of nitrogens with zero attached hydrogens (tertiary/aromatic N) is 2. The van der Waals surface area contributed by atoms with Gasteiger partial charge in [-0.15, -0.1) is 11.6 Å². The van der Waals surface area contributed by atoms with Crippen molar-refractivity contribution in [1.82, 2.24) is 9.78 Å². The first-order valence-corrected chi connectivity index (χ1v) is 5.12. The summed E-state index contributed by atoms with van der Waals surface area (Å²) < 4.78 is 1.15. The molecule has 0 amide bonds. The highest BCUT2D eigenvalue weighted by Crippen LogP contribution is 2.25. The van der Waals surface area contributed by atoms with Crippen molar-refractivity contribution in [3.05, 3.63) is 17.0 Å². The summed E-state index contributed by atoms with van der Waals surface area (Å²) in [5.74, 6) is -1.40. The van der Waals surface area contributed by atoms with Crippen molar-refractivity contribution in [2.24, 2.45) is 7.05 Å². The summed E-state index contributed by atoms with van der Waals surface area (Å²) in [6, 6.07) is 0. The first kappa shape index (κ1) is 13.0. The predicted molar refractivity (Wildman–Crippen MR) is 56.6 cm³/mol. The van der Waals surface area contributed by atoms with Crippen molar-refractivity contribution in [1.29, 1.82) is 0 Å². The van der Waals surface area contributed by atoms with E-state index in [0.29, 0.717) is 5.69 Å². The molecule has 0 aliphatic heterocycles. The molecule has 3 N–H and O–H groups in total. The molecular formula is C9H13ClN2O4. The van der Waals surface area contributed by atoms with Crippen LogP contribution in [-0.4, -0.2) is 43.1 Å². The highest BCUT2D eigenvalue weighted by molar-refractivity contribution is 6.18. The maximum atomic E-state index is 11.0. The third kappa shape index (κ3) is 2.18. The van der Waals surface area contributed by atoms with E-state index in [2.05, 4.69) is 5.10 Å². The Kier molecular flexibility index (Phi) is 3.90. The molecule has 0 saturated heterocycles. The number of aromatic nitrogens is 2. The molecule has 0 spiro atoms. The van der Waals surface area contributed by atoms with Crippen molar-refractivity contribution in [3.8, 4) is 0 Å². The third-order valence-electron chi connectivity index (χ3n) is 2.29. The highest BCUT2D eigenvalue weighted by Gasteiger charge is 2.29. The van der Waals surface area contributed by atoms with E-state index in [9.17, 15) is 15.0 Å². The van der Waals surface area contributed by atoms with Gasteiger partial charge in [0.05, 0.1) is 17.7 Å². The summed E-state index contributed by atoms with van der Waals surface area (Å²) in [5, 5.41) is 32.0. The highest BCUT2D eigenvalue weighted by atomic mass is 35.5. The fourth-order valence-corrected chi connectivity index (χ4v) is 1.73. The van der Waals surface area contributed by atoms with Crippen LogP contribution in [0.5, 0.6) is 0 Å². The molecule has 0 aliphatic rings. The van der Waals surface area contributed by atoms with Gasteiger partial charge in [0.1, 0.15) is 6.10 Å². The second-order valence-corrected chi connectivity index (χ2v) is 3.75. The second kappa shape index (κ2) is 4.82. The normalized spacial score (nSPS) is 14.8. The Hall–Kier alpha value is -1.11. The number of hydrogen-bond acceptors (Lipinski definition) is 4. The van der Waals surface area contributed by atoms with Crippen LogP contribution in [0, 0.1) is 6.92 Å². The van der Waals surface area contributed by atoms with Gasteiger partial charge in [0, 0.05) is 12.6 Å². The molecule has 7 heteroatoms. The Labute approximate surface area is 97.1 Å². The molecule has 2 atom stereocenters. The van der Waals surface area contributed by atoms with Crippen LogP contribution in [0.2, 0.25) is 0 Å². The van der Waals surface area contributed by atoms with Crippen molar-refractivity contribution >= 4 is 17.6 Å². The molecule has 1 aromatic heterocycles. The van der Waals surface area contributed by atoms with Gasteiger partial charge in [0.15, 0.2) is 5.69 Å². The van der Waals surface area contributed by atoms with Crippen LogP contribution in [0.25, 0.3) is 0 Å². The Morgan fingerprint density at radius 1 is 1.56 bits per heavy atom. The summed E-state index contributed by atoms with van der Waals surface area (Å²) >= 11 is 5.40. The van der Waals surface area contributed by atoms with E-state index in [1.807, 2.05) is 0 Å². The minimum Gasteiger partial charge on any atom is -0.477 e. The number of hydrogen-bond donors (Lipinski definition) is 3. The van der Waals surface area contributed by atoms with Crippen LogP contribution in [0.1, 0.15) is 27.8 Å². The van der Waals surface area contributed by atoms with E-state index >= 15 is 0 Å². The summed E-state index contributed by atoms with van der Waals surface area (Å²) in [5.41, 5.74) is 0.314. The number of rotatable bonds is 4. The van der Waals surface area contributed by atoms with Gasteiger partial charge in [0.25, 0.3) is 0 Å². The van der Waals surface area contributed by atoms with Crippen LogP contribution in [0.4, 0.5) is 0 Å². The minimum atomic E-state index is -1.35.